The van der Waals surface area contributed by atoms with Crippen molar-refractivity contribution in [3.8, 4) is 0 Å². The Hall–Kier alpha value is -1.32. The minimum Gasteiger partial charge on any atom is -0.481 e. The fourth-order valence-corrected chi connectivity index (χ4v) is 2.49. The predicted octanol–water partition coefficient (Wildman–Crippen LogP) is 1.32. The second kappa shape index (κ2) is 4.68. The summed E-state index contributed by atoms with van der Waals surface area (Å²) in [5.41, 5.74) is 0. The molecule has 0 saturated heterocycles. The Balaban J connectivity index is 1.78. The number of rotatable bonds is 3. The summed E-state index contributed by atoms with van der Waals surface area (Å²) >= 11 is 0. The molecule has 1 fully saturated rings. The molecule has 2 atom stereocenters. The highest BCUT2D eigenvalue weighted by molar-refractivity contribution is 5.80. The number of aliphatic carboxylic acids is 1. The highest BCUT2D eigenvalue weighted by Gasteiger charge is 2.31. The molecule has 0 spiro atoms. The van der Waals surface area contributed by atoms with Crippen molar-refractivity contribution in [2.24, 2.45) is 11.8 Å². The van der Waals surface area contributed by atoms with E-state index >= 15 is 0 Å². The van der Waals surface area contributed by atoms with E-state index in [-0.39, 0.29) is 23.8 Å². The molecule has 0 bridgehead atoms. The van der Waals surface area contributed by atoms with Crippen LogP contribution in [-0.2, 0) is 9.59 Å². The molecule has 0 aromatic rings. The third-order valence-electron chi connectivity index (χ3n) is 3.51. The van der Waals surface area contributed by atoms with Crippen LogP contribution >= 0.6 is 0 Å². The van der Waals surface area contributed by atoms with Gasteiger partial charge in [-0.3, -0.25) is 9.59 Å². The number of allylic oxidation sites excluding steroid dienone is 2. The molecule has 0 aliphatic heterocycles. The lowest BCUT2D eigenvalue weighted by Crippen LogP contribution is -2.37. The smallest absolute Gasteiger partial charge is 0.306 e. The van der Waals surface area contributed by atoms with Crippen LogP contribution in [0.25, 0.3) is 0 Å². The van der Waals surface area contributed by atoms with Crippen LogP contribution in [0.5, 0.6) is 0 Å². The van der Waals surface area contributed by atoms with Crippen molar-refractivity contribution >= 4 is 11.9 Å². The van der Waals surface area contributed by atoms with Gasteiger partial charge in [0, 0.05) is 12.0 Å². The second-order valence-corrected chi connectivity index (χ2v) is 4.69. The minimum atomic E-state index is -0.737. The molecule has 0 heterocycles. The average Bonchev–Trinajstić information content (AvgIpc) is 2.87. The van der Waals surface area contributed by atoms with Gasteiger partial charge in [0.05, 0.1) is 5.92 Å². The largest absolute Gasteiger partial charge is 0.481 e. The Morgan fingerprint density at radius 3 is 2.38 bits per heavy atom. The van der Waals surface area contributed by atoms with E-state index in [2.05, 4.69) is 5.32 Å². The van der Waals surface area contributed by atoms with Crippen molar-refractivity contribution in [1.82, 2.24) is 5.32 Å². The van der Waals surface area contributed by atoms with Crippen molar-refractivity contribution in [2.75, 3.05) is 0 Å². The molecule has 1 saturated carbocycles. The topological polar surface area (TPSA) is 66.4 Å². The first kappa shape index (κ1) is 11.2. The lowest BCUT2D eigenvalue weighted by atomic mass is 10.1. The van der Waals surface area contributed by atoms with Gasteiger partial charge in [-0.25, -0.2) is 0 Å². The molecular formula is C12H17NO3. The summed E-state index contributed by atoms with van der Waals surface area (Å²) in [5, 5.41) is 11.8. The molecule has 1 amide bonds. The maximum Gasteiger partial charge on any atom is 0.306 e. The molecule has 0 aromatic heterocycles. The Morgan fingerprint density at radius 1 is 1.12 bits per heavy atom. The summed E-state index contributed by atoms with van der Waals surface area (Å²) in [6.07, 6.45) is 7.76. The number of hydrogen-bond donors (Lipinski definition) is 2. The zero-order valence-electron chi connectivity index (χ0n) is 9.19. The van der Waals surface area contributed by atoms with Crippen LogP contribution in [0.4, 0.5) is 0 Å². The van der Waals surface area contributed by atoms with E-state index in [1.165, 1.54) is 0 Å². The normalized spacial score (nSPS) is 29.5. The van der Waals surface area contributed by atoms with Gasteiger partial charge >= 0.3 is 5.97 Å². The molecule has 0 aromatic carbocycles. The van der Waals surface area contributed by atoms with Crippen LogP contribution in [0.2, 0.25) is 0 Å². The van der Waals surface area contributed by atoms with Crippen molar-refractivity contribution in [1.29, 1.82) is 0 Å². The monoisotopic (exact) mass is 223 g/mol. The van der Waals surface area contributed by atoms with Crippen LogP contribution in [-0.4, -0.2) is 23.0 Å². The Bertz CT molecular complexity index is 316. The third kappa shape index (κ3) is 2.43. The minimum absolute atomic E-state index is 0.0641. The van der Waals surface area contributed by atoms with E-state index in [4.69, 9.17) is 5.11 Å². The van der Waals surface area contributed by atoms with Crippen molar-refractivity contribution in [2.45, 2.75) is 38.1 Å². The maximum absolute atomic E-state index is 11.8. The van der Waals surface area contributed by atoms with E-state index in [1.54, 1.807) is 0 Å². The summed E-state index contributed by atoms with van der Waals surface area (Å²) in [4.78, 5) is 22.5. The highest BCUT2D eigenvalue weighted by Crippen LogP contribution is 2.26. The van der Waals surface area contributed by atoms with E-state index < -0.39 is 5.97 Å². The van der Waals surface area contributed by atoms with Gasteiger partial charge in [0.2, 0.25) is 5.91 Å². The number of carbonyl (C=O) groups is 2. The molecule has 16 heavy (non-hydrogen) atoms. The zero-order chi connectivity index (χ0) is 11.5. The van der Waals surface area contributed by atoms with Gasteiger partial charge in [0.25, 0.3) is 0 Å². The first-order valence-electron chi connectivity index (χ1n) is 5.85. The lowest BCUT2D eigenvalue weighted by molar-refractivity contribution is -0.141. The number of nitrogens with one attached hydrogen (secondary N) is 1. The predicted molar refractivity (Wildman–Crippen MR) is 58.8 cm³/mol. The van der Waals surface area contributed by atoms with Crippen molar-refractivity contribution < 1.29 is 14.7 Å². The standard InChI is InChI=1S/C12H17NO3/c14-11(8-3-1-2-4-8)13-10-6-5-9(7-10)12(15)16/h1-2,8-10H,3-7H2,(H,13,14)(H,15,16)/t9-,10+/m1/s1. The van der Waals surface area contributed by atoms with Gasteiger partial charge < -0.3 is 10.4 Å². The summed E-state index contributed by atoms with van der Waals surface area (Å²) in [5.74, 6) is -0.851. The zero-order valence-corrected chi connectivity index (χ0v) is 9.19. The number of amides is 1. The van der Waals surface area contributed by atoms with Crippen LogP contribution in [0.3, 0.4) is 0 Å². The summed E-state index contributed by atoms with van der Waals surface area (Å²) in [6, 6.07) is 0.0641. The van der Waals surface area contributed by atoms with Gasteiger partial charge in [-0.15, -0.1) is 0 Å². The van der Waals surface area contributed by atoms with Gasteiger partial charge in [0.15, 0.2) is 0 Å². The quantitative estimate of drug-likeness (QED) is 0.709. The molecule has 4 nitrogen and oxygen atoms in total. The van der Waals surface area contributed by atoms with E-state index in [0.29, 0.717) is 12.8 Å². The lowest BCUT2D eigenvalue weighted by Gasteiger charge is -2.15. The van der Waals surface area contributed by atoms with Crippen LogP contribution in [0.1, 0.15) is 32.1 Å². The number of carbonyl (C=O) groups excluding carboxylic acids is 1. The molecule has 88 valence electrons. The van der Waals surface area contributed by atoms with Crippen molar-refractivity contribution in [3.05, 3.63) is 12.2 Å². The molecule has 2 aliphatic carbocycles. The van der Waals surface area contributed by atoms with Gasteiger partial charge in [0.1, 0.15) is 0 Å². The molecule has 2 aliphatic rings. The average molecular weight is 223 g/mol. The van der Waals surface area contributed by atoms with Gasteiger partial charge in [-0.1, -0.05) is 12.2 Å². The van der Waals surface area contributed by atoms with Gasteiger partial charge in [-0.05, 0) is 32.1 Å². The van der Waals surface area contributed by atoms with E-state index in [9.17, 15) is 9.59 Å². The maximum atomic E-state index is 11.8. The van der Waals surface area contributed by atoms with Crippen LogP contribution in [0, 0.1) is 11.8 Å². The van der Waals surface area contributed by atoms with Crippen LogP contribution < -0.4 is 5.32 Å². The molecule has 2 rings (SSSR count). The van der Waals surface area contributed by atoms with Crippen LogP contribution in [0.15, 0.2) is 12.2 Å². The number of carboxylic acids is 1. The number of carboxylic acid groups (broad SMARTS) is 1. The summed E-state index contributed by atoms with van der Waals surface area (Å²) in [7, 11) is 0. The summed E-state index contributed by atoms with van der Waals surface area (Å²) < 4.78 is 0. The number of hydrogen-bond acceptors (Lipinski definition) is 2. The molecule has 0 unspecified atom stereocenters. The SMILES string of the molecule is O=C(N[C@H]1CC[C@@H](C(=O)O)C1)C1CC=CC1. The Kier molecular flexibility index (Phi) is 3.27. The van der Waals surface area contributed by atoms with E-state index in [1.807, 2.05) is 12.2 Å². The first-order valence-corrected chi connectivity index (χ1v) is 5.85. The first-order chi connectivity index (χ1) is 7.66. The Morgan fingerprint density at radius 2 is 1.81 bits per heavy atom. The van der Waals surface area contributed by atoms with Crippen molar-refractivity contribution in [3.63, 3.8) is 0 Å². The molecule has 2 N–H and O–H groups in total. The fourth-order valence-electron chi connectivity index (χ4n) is 2.49. The summed E-state index contributed by atoms with van der Waals surface area (Å²) in [6.45, 7) is 0. The fraction of sp³-hybridized carbons (Fsp3) is 0.667. The van der Waals surface area contributed by atoms with E-state index in [0.717, 1.165) is 19.3 Å². The second-order valence-electron chi connectivity index (χ2n) is 4.69. The molecule has 0 radical (unpaired) electrons. The molecule has 4 heteroatoms. The highest BCUT2D eigenvalue weighted by atomic mass is 16.4. The Labute approximate surface area is 94.7 Å². The van der Waals surface area contributed by atoms with Gasteiger partial charge in [-0.2, -0.15) is 0 Å². The third-order valence-corrected chi connectivity index (χ3v) is 3.51. The molecular weight excluding hydrogens is 206 g/mol.